The van der Waals surface area contributed by atoms with Gasteiger partial charge in [-0.25, -0.2) is 19.4 Å². The molecule has 14 heteroatoms. The molecule has 222 valence electrons. The van der Waals surface area contributed by atoms with Gasteiger partial charge in [0.1, 0.15) is 0 Å². The Labute approximate surface area is 253 Å². The standard InChI is InChI=1S/C29H25ClF3N7O2S/c1-15-3-2-4-23(19-9-16(7-8-35-19)27(39-29(32)33)21(11-34)38-28(15)42)40-13-36-20(10-24(40)41)25-17(22-12-43-14-37-22)5-6-18(30)26(25)31/h5-15,23,29H,2-4,34H2,1H3,(H,38,42). The lowest BCUT2D eigenvalue weighted by molar-refractivity contribution is -0.123. The van der Waals surface area contributed by atoms with E-state index in [0.717, 1.165) is 6.20 Å². The largest absolute Gasteiger partial charge is 0.403 e. The second kappa shape index (κ2) is 12.9. The smallest absolute Gasteiger partial charge is 0.332 e. The van der Waals surface area contributed by atoms with Crippen molar-refractivity contribution in [3.05, 3.63) is 98.1 Å². The van der Waals surface area contributed by atoms with E-state index in [1.54, 1.807) is 23.9 Å². The van der Waals surface area contributed by atoms with E-state index in [2.05, 4.69) is 25.3 Å². The highest BCUT2D eigenvalue weighted by molar-refractivity contribution is 7.07. The molecule has 1 aliphatic rings. The van der Waals surface area contributed by atoms with E-state index in [4.69, 9.17) is 17.3 Å². The summed E-state index contributed by atoms with van der Waals surface area (Å²) in [4.78, 5) is 43.0. The molecule has 2 unspecified atom stereocenters. The summed E-state index contributed by atoms with van der Waals surface area (Å²) in [6.45, 7) is -1.38. The van der Waals surface area contributed by atoms with E-state index in [1.165, 1.54) is 52.7 Å². The summed E-state index contributed by atoms with van der Waals surface area (Å²) in [5.41, 5.74) is 8.14. The number of carbonyl (C=O) groups excluding carboxylic acids is 1. The lowest BCUT2D eigenvalue weighted by Gasteiger charge is -2.23. The molecule has 0 fully saturated rings. The molecule has 0 aliphatic carbocycles. The second-order valence-electron chi connectivity index (χ2n) is 9.82. The molecule has 0 spiro atoms. The zero-order valence-corrected chi connectivity index (χ0v) is 24.2. The summed E-state index contributed by atoms with van der Waals surface area (Å²) in [6.07, 6.45) is 5.01. The highest BCUT2D eigenvalue weighted by Gasteiger charge is 2.25. The Morgan fingerprint density at radius 1 is 1.16 bits per heavy atom. The first-order chi connectivity index (χ1) is 20.7. The summed E-state index contributed by atoms with van der Waals surface area (Å²) in [6, 6.07) is 6.52. The van der Waals surface area contributed by atoms with Crippen molar-refractivity contribution in [2.75, 3.05) is 0 Å². The number of amides is 1. The number of alkyl halides is 2. The van der Waals surface area contributed by atoms with E-state index in [0.29, 0.717) is 36.2 Å². The van der Waals surface area contributed by atoms with Crippen molar-refractivity contribution in [2.45, 2.75) is 38.8 Å². The third kappa shape index (κ3) is 6.37. The molecule has 43 heavy (non-hydrogen) atoms. The SMILES string of the molecule is CC1CCCC(n2cnc(-c3c(-c4cscn4)ccc(Cl)c3F)cc2=O)c2cc(ccn2)C(=NC(F)F)C(=CN)NC1=O. The number of allylic oxidation sites excluding steroid dienone is 1. The van der Waals surface area contributed by atoms with Crippen LogP contribution in [0.4, 0.5) is 13.2 Å². The summed E-state index contributed by atoms with van der Waals surface area (Å²) in [5, 5.41) is 4.21. The van der Waals surface area contributed by atoms with Gasteiger partial charge in [-0.2, -0.15) is 8.78 Å². The maximum atomic E-state index is 15.4. The quantitative estimate of drug-likeness (QED) is 0.285. The van der Waals surface area contributed by atoms with Gasteiger partial charge in [0.15, 0.2) is 5.82 Å². The van der Waals surface area contributed by atoms with Gasteiger partial charge in [-0.15, -0.1) is 11.3 Å². The van der Waals surface area contributed by atoms with Crippen LogP contribution in [-0.4, -0.2) is 37.7 Å². The van der Waals surface area contributed by atoms with E-state index in [9.17, 15) is 18.4 Å². The first-order valence-electron chi connectivity index (χ1n) is 13.2. The lowest BCUT2D eigenvalue weighted by Crippen LogP contribution is -2.34. The number of thiazole rings is 1. The fraction of sp³-hybridized carbons (Fsp3) is 0.241. The van der Waals surface area contributed by atoms with Gasteiger partial charge in [0.25, 0.3) is 5.56 Å². The van der Waals surface area contributed by atoms with E-state index in [-0.39, 0.29) is 33.3 Å². The fourth-order valence-corrected chi connectivity index (χ4v) is 5.64. The Morgan fingerprint density at radius 3 is 2.67 bits per heavy atom. The minimum absolute atomic E-state index is 0.0373. The molecular formula is C29H25ClF3N7O2S. The molecular weight excluding hydrogens is 603 g/mol. The Hall–Kier alpha value is -4.36. The highest BCUT2D eigenvalue weighted by Crippen LogP contribution is 2.36. The van der Waals surface area contributed by atoms with Gasteiger partial charge in [-0.3, -0.25) is 19.1 Å². The number of hydrogen-bond donors (Lipinski definition) is 2. The topological polar surface area (TPSA) is 128 Å². The molecule has 9 nitrogen and oxygen atoms in total. The fourth-order valence-electron chi connectivity index (χ4n) is 4.93. The van der Waals surface area contributed by atoms with Crippen molar-refractivity contribution in [1.82, 2.24) is 24.8 Å². The van der Waals surface area contributed by atoms with Gasteiger partial charge in [0, 0.05) is 46.5 Å². The van der Waals surface area contributed by atoms with Crippen LogP contribution in [0.15, 0.2) is 75.4 Å². The van der Waals surface area contributed by atoms with Crippen LogP contribution in [0, 0.1) is 11.7 Å². The average molecular weight is 628 g/mol. The number of nitrogens with two attached hydrogens (primary N) is 1. The van der Waals surface area contributed by atoms with E-state index >= 15 is 4.39 Å². The number of fused-ring (bicyclic) bond motifs is 2. The predicted molar refractivity (Wildman–Crippen MR) is 158 cm³/mol. The van der Waals surface area contributed by atoms with Crippen molar-refractivity contribution in [3.8, 4) is 22.5 Å². The van der Waals surface area contributed by atoms with Crippen LogP contribution in [0.2, 0.25) is 5.02 Å². The van der Waals surface area contributed by atoms with Gasteiger partial charge in [-0.05, 0) is 31.0 Å². The number of rotatable bonds is 4. The minimum Gasteiger partial charge on any atom is -0.403 e. The van der Waals surface area contributed by atoms with Crippen molar-refractivity contribution in [1.29, 1.82) is 0 Å². The third-order valence-corrected chi connectivity index (χ3v) is 7.97. The molecule has 3 N–H and O–H groups in total. The van der Waals surface area contributed by atoms with Crippen LogP contribution < -0.4 is 16.6 Å². The van der Waals surface area contributed by atoms with Gasteiger partial charge in [0.2, 0.25) is 5.91 Å². The molecule has 0 saturated heterocycles. The normalized spacial score (nSPS) is 19.7. The van der Waals surface area contributed by atoms with Crippen LogP contribution in [-0.2, 0) is 4.79 Å². The Balaban J connectivity index is 1.63. The van der Waals surface area contributed by atoms with E-state index < -0.39 is 35.8 Å². The third-order valence-electron chi connectivity index (χ3n) is 7.10. The highest BCUT2D eigenvalue weighted by atomic mass is 35.5. The molecule has 1 aliphatic heterocycles. The van der Waals surface area contributed by atoms with Crippen molar-refractivity contribution < 1.29 is 18.0 Å². The number of aromatic nitrogens is 4. The van der Waals surface area contributed by atoms with Crippen molar-refractivity contribution in [2.24, 2.45) is 16.6 Å². The lowest BCUT2D eigenvalue weighted by atomic mass is 9.96. The number of aliphatic imine (C=N–C) groups is 1. The van der Waals surface area contributed by atoms with Crippen LogP contribution in [0.5, 0.6) is 0 Å². The van der Waals surface area contributed by atoms with Gasteiger partial charge in [-0.1, -0.05) is 31.0 Å². The van der Waals surface area contributed by atoms with Gasteiger partial charge >= 0.3 is 6.55 Å². The zero-order chi connectivity index (χ0) is 30.7. The van der Waals surface area contributed by atoms with Crippen LogP contribution in [0.1, 0.15) is 43.5 Å². The van der Waals surface area contributed by atoms with Crippen LogP contribution >= 0.6 is 22.9 Å². The Bertz CT molecular complexity index is 1780. The second-order valence-corrected chi connectivity index (χ2v) is 10.9. The van der Waals surface area contributed by atoms with Gasteiger partial charge in [0.05, 0.1) is 51.4 Å². The molecule has 2 bridgehead atoms. The average Bonchev–Trinajstić information content (AvgIpc) is 3.53. The minimum atomic E-state index is -3.08. The molecule has 1 amide bonds. The molecule has 2 atom stereocenters. The molecule has 5 rings (SSSR count). The Morgan fingerprint density at radius 2 is 1.98 bits per heavy atom. The molecule has 1 aromatic carbocycles. The predicted octanol–water partition coefficient (Wildman–Crippen LogP) is 5.56. The number of benzene rings is 1. The summed E-state index contributed by atoms with van der Waals surface area (Å²) in [7, 11) is 0. The maximum absolute atomic E-state index is 15.4. The summed E-state index contributed by atoms with van der Waals surface area (Å²) in [5.74, 6) is -1.65. The number of halogens is 4. The van der Waals surface area contributed by atoms with Crippen LogP contribution in [0.3, 0.4) is 0 Å². The molecule has 0 radical (unpaired) electrons. The number of nitrogens with one attached hydrogen (secondary N) is 1. The van der Waals surface area contributed by atoms with Crippen molar-refractivity contribution in [3.63, 3.8) is 0 Å². The monoisotopic (exact) mass is 627 g/mol. The van der Waals surface area contributed by atoms with E-state index in [1.807, 2.05) is 0 Å². The maximum Gasteiger partial charge on any atom is 0.332 e. The Kier molecular flexibility index (Phi) is 9.02. The summed E-state index contributed by atoms with van der Waals surface area (Å²) < 4.78 is 43.7. The first-order valence-corrected chi connectivity index (χ1v) is 14.5. The first kappa shape index (κ1) is 30.1. The number of pyridine rings is 1. The molecule has 0 saturated carbocycles. The molecule has 4 aromatic rings. The number of carbonyl (C=O) groups is 1. The zero-order valence-electron chi connectivity index (χ0n) is 22.7. The number of nitrogens with zero attached hydrogens (tertiary/aromatic N) is 5. The van der Waals surface area contributed by atoms with Gasteiger partial charge < -0.3 is 11.1 Å². The number of hydrogen-bond acceptors (Lipinski definition) is 8. The summed E-state index contributed by atoms with van der Waals surface area (Å²) >= 11 is 7.43. The van der Waals surface area contributed by atoms with Crippen molar-refractivity contribution >= 4 is 34.6 Å². The molecule has 4 heterocycles. The molecule has 3 aromatic heterocycles. The van der Waals surface area contributed by atoms with Crippen LogP contribution in [0.25, 0.3) is 22.5 Å².